The van der Waals surface area contributed by atoms with Gasteiger partial charge in [-0.1, -0.05) is 38.1 Å². The van der Waals surface area contributed by atoms with Crippen molar-refractivity contribution in [3.63, 3.8) is 0 Å². The maximum absolute atomic E-state index is 13.9. The van der Waals surface area contributed by atoms with Crippen LogP contribution in [0.3, 0.4) is 0 Å². The van der Waals surface area contributed by atoms with Gasteiger partial charge < -0.3 is 9.84 Å². The van der Waals surface area contributed by atoms with E-state index in [9.17, 15) is 9.50 Å². The van der Waals surface area contributed by atoms with Gasteiger partial charge in [0.1, 0.15) is 5.75 Å². The first-order valence-corrected chi connectivity index (χ1v) is 6.69. The Bertz CT molecular complexity index is 606. The number of rotatable bonds is 4. The van der Waals surface area contributed by atoms with Gasteiger partial charge in [-0.05, 0) is 36.1 Å². The van der Waals surface area contributed by atoms with E-state index in [1.165, 1.54) is 6.07 Å². The van der Waals surface area contributed by atoms with E-state index in [0.29, 0.717) is 11.3 Å². The number of benzene rings is 2. The lowest BCUT2D eigenvalue weighted by Gasteiger charge is -2.16. The molecule has 0 saturated heterocycles. The predicted molar refractivity (Wildman–Crippen MR) is 77.7 cm³/mol. The van der Waals surface area contributed by atoms with E-state index in [0.717, 1.165) is 11.1 Å². The highest BCUT2D eigenvalue weighted by Gasteiger charge is 2.14. The van der Waals surface area contributed by atoms with Crippen molar-refractivity contribution in [2.75, 3.05) is 0 Å². The van der Waals surface area contributed by atoms with Crippen LogP contribution in [0.25, 0.3) is 0 Å². The predicted octanol–water partition coefficient (Wildman–Crippen LogP) is 4.54. The monoisotopic (exact) mass is 274 g/mol. The molecule has 0 spiro atoms. The maximum atomic E-state index is 13.9. The fourth-order valence-electron chi connectivity index (χ4n) is 2.11. The summed E-state index contributed by atoms with van der Waals surface area (Å²) < 4.78 is 19.7. The fraction of sp³-hybridized carbons (Fsp3) is 0.294. The summed E-state index contributed by atoms with van der Waals surface area (Å²) in [6.45, 7) is 5.83. The lowest BCUT2D eigenvalue weighted by molar-refractivity contribution is 0.274. The number of ether oxygens (including phenoxy) is 1. The quantitative estimate of drug-likeness (QED) is 0.886. The third kappa shape index (κ3) is 2.99. The first kappa shape index (κ1) is 14.5. The summed E-state index contributed by atoms with van der Waals surface area (Å²) in [5, 5.41) is 9.31. The SMILES string of the molecule is Cc1ccc(C(C)C)c(Oc2c(F)cccc2CO)c1. The summed E-state index contributed by atoms with van der Waals surface area (Å²) in [6, 6.07) is 10.4. The molecule has 2 aromatic carbocycles. The molecule has 3 heteroatoms. The van der Waals surface area contributed by atoms with Gasteiger partial charge in [0.05, 0.1) is 6.61 Å². The number of aliphatic hydroxyl groups excluding tert-OH is 1. The minimum absolute atomic E-state index is 0.0995. The second-order valence-corrected chi connectivity index (χ2v) is 5.18. The van der Waals surface area contributed by atoms with Gasteiger partial charge in [0.15, 0.2) is 11.6 Å². The van der Waals surface area contributed by atoms with Crippen LogP contribution in [0.2, 0.25) is 0 Å². The van der Waals surface area contributed by atoms with Crippen molar-refractivity contribution in [3.8, 4) is 11.5 Å². The molecule has 20 heavy (non-hydrogen) atoms. The van der Waals surface area contributed by atoms with Gasteiger partial charge in [-0.2, -0.15) is 0 Å². The van der Waals surface area contributed by atoms with Gasteiger partial charge in [0.2, 0.25) is 0 Å². The molecule has 0 atom stereocenters. The molecule has 0 amide bonds. The number of para-hydroxylation sites is 1. The molecule has 1 N–H and O–H groups in total. The molecule has 0 bridgehead atoms. The highest BCUT2D eigenvalue weighted by atomic mass is 19.1. The molecule has 0 unspecified atom stereocenters. The summed E-state index contributed by atoms with van der Waals surface area (Å²) in [7, 11) is 0. The summed E-state index contributed by atoms with van der Waals surface area (Å²) in [6.07, 6.45) is 0. The van der Waals surface area contributed by atoms with Gasteiger partial charge >= 0.3 is 0 Å². The number of hydrogen-bond acceptors (Lipinski definition) is 2. The zero-order valence-electron chi connectivity index (χ0n) is 12.0. The Balaban J connectivity index is 2.47. The molecular formula is C17H19FO2. The zero-order valence-corrected chi connectivity index (χ0v) is 12.0. The van der Waals surface area contributed by atoms with Crippen molar-refractivity contribution in [2.24, 2.45) is 0 Å². The van der Waals surface area contributed by atoms with E-state index >= 15 is 0 Å². The molecule has 0 heterocycles. The van der Waals surface area contributed by atoms with Crippen LogP contribution in [-0.4, -0.2) is 5.11 Å². The van der Waals surface area contributed by atoms with E-state index in [1.807, 2.05) is 25.1 Å². The first-order chi connectivity index (χ1) is 9.52. The third-order valence-electron chi connectivity index (χ3n) is 3.22. The standard InChI is InChI=1S/C17H19FO2/c1-11(2)14-8-7-12(3)9-16(14)20-17-13(10-19)5-4-6-15(17)18/h4-9,11,19H,10H2,1-3H3. The molecule has 2 nitrogen and oxygen atoms in total. The molecule has 0 radical (unpaired) electrons. The van der Waals surface area contributed by atoms with Crippen LogP contribution in [0.5, 0.6) is 11.5 Å². The van der Waals surface area contributed by atoms with Crippen molar-refractivity contribution < 1.29 is 14.2 Å². The molecule has 0 saturated carbocycles. The van der Waals surface area contributed by atoms with Crippen LogP contribution >= 0.6 is 0 Å². The smallest absolute Gasteiger partial charge is 0.168 e. The Morgan fingerprint density at radius 2 is 1.95 bits per heavy atom. The summed E-state index contributed by atoms with van der Waals surface area (Å²) in [5.74, 6) is 0.546. The van der Waals surface area contributed by atoms with Gasteiger partial charge in [-0.25, -0.2) is 4.39 Å². The molecule has 0 aliphatic rings. The van der Waals surface area contributed by atoms with Crippen molar-refractivity contribution in [2.45, 2.75) is 33.3 Å². The maximum Gasteiger partial charge on any atom is 0.168 e. The lowest BCUT2D eigenvalue weighted by atomic mass is 10.0. The highest BCUT2D eigenvalue weighted by molar-refractivity contribution is 5.44. The largest absolute Gasteiger partial charge is 0.454 e. The topological polar surface area (TPSA) is 29.5 Å². The van der Waals surface area contributed by atoms with E-state index in [4.69, 9.17) is 4.74 Å². The molecular weight excluding hydrogens is 255 g/mol. The number of aliphatic hydroxyl groups is 1. The second kappa shape index (κ2) is 6.06. The number of halogens is 1. The van der Waals surface area contributed by atoms with Gasteiger partial charge in [-0.3, -0.25) is 0 Å². The van der Waals surface area contributed by atoms with E-state index in [2.05, 4.69) is 13.8 Å². The minimum Gasteiger partial charge on any atom is -0.454 e. The minimum atomic E-state index is -0.465. The lowest BCUT2D eigenvalue weighted by Crippen LogP contribution is -1.99. The Labute approximate surface area is 118 Å². The highest BCUT2D eigenvalue weighted by Crippen LogP contribution is 2.34. The Kier molecular flexibility index (Phi) is 4.40. The van der Waals surface area contributed by atoms with E-state index in [-0.39, 0.29) is 18.3 Å². The molecule has 2 aromatic rings. The van der Waals surface area contributed by atoms with Gasteiger partial charge in [0.25, 0.3) is 0 Å². The van der Waals surface area contributed by atoms with Crippen molar-refractivity contribution in [3.05, 3.63) is 58.9 Å². The Morgan fingerprint density at radius 3 is 2.60 bits per heavy atom. The fourth-order valence-corrected chi connectivity index (χ4v) is 2.11. The normalized spacial score (nSPS) is 10.9. The van der Waals surface area contributed by atoms with Crippen LogP contribution in [0, 0.1) is 12.7 Å². The number of aryl methyl sites for hydroxylation is 1. The molecule has 2 rings (SSSR count). The van der Waals surface area contributed by atoms with Crippen LogP contribution in [0.1, 0.15) is 36.5 Å². The van der Waals surface area contributed by atoms with E-state index < -0.39 is 5.82 Å². The molecule has 0 aliphatic carbocycles. The summed E-state index contributed by atoms with van der Waals surface area (Å²) >= 11 is 0. The summed E-state index contributed by atoms with van der Waals surface area (Å²) in [4.78, 5) is 0. The zero-order chi connectivity index (χ0) is 14.7. The average molecular weight is 274 g/mol. The molecule has 106 valence electrons. The first-order valence-electron chi connectivity index (χ1n) is 6.69. The molecule has 0 aromatic heterocycles. The molecule has 0 aliphatic heterocycles. The van der Waals surface area contributed by atoms with Crippen LogP contribution in [0.4, 0.5) is 4.39 Å². The van der Waals surface area contributed by atoms with Crippen LogP contribution in [-0.2, 0) is 6.61 Å². The average Bonchev–Trinajstić information content (AvgIpc) is 2.40. The van der Waals surface area contributed by atoms with Crippen LogP contribution < -0.4 is 4.74 Å². The molecule has 0 fully saturated rings. The van der Waals surface area contributed by atoms with Gasteiger partial charge in [0, 0.05) is 5.56 Å². The summed E-state index contributed by atoms with van der Waals surface area (Å²) in [5.41, 5.74) is 2.51. The third-order valence-corrected chi connectivity index (χ3v) is 3.22. The van der Waals surface area contributed by atoms with E-state index in [1.54, 1.807) is 12.1 Å². The van der Waals surface area contributed by atoms with Crippen molar-refractivity contribution in [1.29, 1.82) is 0 Å². The second-order valence-electron chi connectivity index (χ2n) is 5.18. The van der Waals surface area contributed by atoms with Crippen molar-refractivity contribution >= 4 is 0 Å². The Morgan fingerprint density at radius 1 is 1.20 bits per heavy atom. The Hall–Kier alpha value is -1.87. The van der Waals surface area contributed by atoms with Crippen LogP contribution in [0.15, 0.2) is 36.4 Å². The number of hydrogen-bond donors (Lipinski definition) is 1. The van der Waals surface area contributed by atoms with Crippen molar-refractivity contribution in [1.82, 2.24) is 0 Å². The van der Waals surface area contributed by atoms with Gasteiger partial charge in [-0.15, -0.1) is 0 Å².